The van der Waals surface area contributed by atoms with Crippen molar-refractivity contribution in [2.24, 2.45) is 0 Å². The molecule has 0 N–H and O–H groups in total. The molecule has 0 bridgehead atoms. The maximum atomic E-state index is 6.58. The lowest BCUT2D eigenvalue weighted by atomic mass is 9.99. The SMILES string of the molecule is c1ccc(COC[C@H]2OCC(OCc3ccccc3)[C@@H](OCc3ccccc3)[C@@H]2OCc2ccccc2)cc1. The highest BCUT2D eigenvalue weighted by Gasteiger charge is 2.43. The van der Waals surface area contributed by atoms with Gasteiger partial charge in [-0.05, 0) is 22.3 Å². The van der Waals surface area contributed by atoms with Crippen LogP contribution in [-0.2, 0) is 50.1 Å². The maximum Gasteiger partial charge on any atom is 0.115 e. The molecule has 1 saturated heterocycles. The average molecular weight is 525 g/mol. The quantitative estimate of drug-likeness (QED) is 0.204. The molecule has 1 aliphatic heterocycles. The summed E-state index contributed by atoms with van der Waals surface area (Å²) in [5.74, 6) is 0. The van der Waals surface area contributed by atoms with Gasteiger partial charge < -0.3 is 23.7 Å². The van der Waals surface area contributed by atoms with Crippen LogP contribution < -0.4 is 0 Å². The van der Waals surface area contributed by atoms with E-state index in [4.69, 9.17) is 23.7 Å². The zero-order valence-corrected chi connectivity index (χ0v) is 22.1. The van der Waals surface area contributed by atoms with Gasteiger partial charge >= 0.3 is 0 Å². The summed E-state index contributed by atoms with van der Waals surface area (Å²) in [7, 11) is 0. The van der Waals surface area contributed by atoms with Crippen molar-refractivity contribution in [3.8, 4) is 0 Å². The third-order valence-electron chi connectivity index (χ3n) is 6.80. The molecule has 0 radical (unpaired) electrons. The van der Waals surface area contributed by atoms with E-state index in [9.17, 15) is 0 Å². The van der Waals surface area contributed by atoms with Crippen LogP contribution >= 0.6 is 0 Å². The van der Waals surface area contributed by atoms with Crippen molar-refractivity contribution in [2.45, 2.75) is 50.8 Å². The summed E-state index contributed by atoms with van der Waals surface area (Å²) in [6, 6.07) is 40.7. The van der Waals surface area contributed by atoms with Crippen LogP contribution in [0.3, 0.4) is 0 Å². The van der Waals surface area contributed by atoms with E-state index >= 15 is 0 Å². The third-order valence-corrected chi connectivity index (χ3v) is 6.80. The minimum absolute atomic E-state index is 0.292. The predicted octanol–water partition coefficient (Wildman–Crippen LogP) is 6.36. The average Bonchev–Trinajstić information content (AvgIpc) is 3.00. The van der Waals surface area contributed by atoms with Crippen molar-refractivity contribution in [2.75, 3.05) is 13.2 Å². The van der Waals surface area contributed by atoms with Crippen LogP contribution in [-0.4, -0.2) is 37.6 Å². The molecular weight excluding hydrogens is 488 g/mol. The Kier molecular flexibility index (Phi) is 10.3. The Hall–Kier alpha value is -3.32. The number of rotatable bonds is 13. The molecule has 1 fully saturated rings. The molecule has 5 heteroatoms. The van der Waals surface area contributed by atoms with E-state index in [-0.39, 0.29) is 24.4 Å². The Morgan fingerprint density at radius 3 is 1.38 bits per heavy atom. The second-order valence-corrected chi connectivity index (χ2v) is 9.73. The van der Waals surface area contributed by atoms with E-state index in [0.717, 1.165) is 22.3 Å². The van der Waals surface area contributed by atoms with Gasteiger partial charge in [-0.3, -0.25) is 0 Å². The highest BCUT2D eigenvalue weighted by molar-refractivity contribution is 5.16. The van der Waals surface area contributed by atoms with E-state index in [1.807, 2.05) is 72.8 Å². The lowest BCUT2D eigenvalue weighted by molar-refractivity contribution is -0.246. The molecule has 1 heterocycles. The monoisotopic (exact) mass is 524 g/mol. The van der Waals surface area contributed by atoms with Gasteiger partial charge in [-0.2, -0.15) is 0 Å². The Bertz CT molecular complexity index is 1200. The molecule has 0 spiro atoms. The molecule has 4 aromatic carbocycles. The van der Waals surface area contributed by atoms with Crippen molar-refractivity contribution in [1.29, 1.82) is 0 Å². The van der Waals surface area contributed by atoms with E-state index in [0.29, 0.717) is 39.6 Å². The first kappa shape index (κ1) is 27.3. The molecule has 202 valence electrons. The summed E-state index contributed by atoms with van der Waals surface area (Å²) >= 11 is 0. The first-order valence-corrected chi connectivity index (χ1v) is 13.5. The molecule has 0 aliphatic carbocycles. The number of hydrogen-bond acceptors (Lipinski definition) is 5. The number of hydrogen-bond donors (Lipinski definition) is 0. The third kappa shape index (κ3) is 8.33. The molecule has 1 unspecified atom stereocenters. The molecule has 0 saturated carbocycles. The molecule has 0 amide bonds. The van der Waals surface area contributed by atoms with Crippen molar-refractivity contribution in [3.63, 3.8) is 0 Å². The number of ether oxygens (including phenoxy) is 5. The van der Waals surface area contributed by atoms with Crippen LogP contribution in [0.4, 0.5) is 0 Å². The van der Waals surface area contributed by atoms with Crippen molar-refractivity contribution < 1.29 is 23.7 Å². The van der Waals surface area contributed by atoms with Gasteiger partial charge in [-0.1, -0.05) is 121 Å². The summed E-state index contributed by atoms with van der Waals surface area (Å²) in [5.41, 5.74) is 4.42. The summed E-state index contributed by atoms with van der Waals surface area (Å²) in [4.78, 5) is 0. The lowest BCUT2D eigenvalue weighted by Gasteiger charge is -2.42. The van der Waals surface area contributed by atoms with Crippen LogP contribution in [0.1, 0.15) is 22.3 Å². The van der Waals surface area contributed by atoms with Crippen LogP contribution in [0.5, 0.6) is 0 Å². The molecule has 4 aromatic rings. The Morgan fingerprint density at radius 2 is 0.897 bits per heavy atom. The summed E-state index contributed by atoms with van der Waals surface area (Å²) in [5, 5.41) is 0. The standard InChI is InChI=1S/C34H36O5/c1-5-13-27(14-6-1)21-35-25-31-33(38-23-29-17-9-3-10-18-29)34(39-24-30-19-11-4-12-20-30)32(26-37-31)36-22-28-15-7-2-8-16-28/h1-20,31-34H,21-26H2/t31-,32?,33-,34-/m1/s1. The molecule has 0 aromatic heterocycles. The second-order valence-electron chi connectivity index (χ2n) is 9.73. The Balaban J connectivity index is 1.32. The van der Waals surface area contributed by atoms with Gasteiger partial charge in [0.2, 0.25) is 0 Å². The smallest absolute Gasteiger partial charge is 0.115 e. The summed E-state index contributed by atoms with van der Waals surface area (Å²) in [6.07, 6.45) is -1.30. The lowest BCUT2D eigenvalue weighted by Crippen LogP contribution is -2.57. The van der Waals surface area contributed by atoms with E-state index < -0.39 is 0 Å². The zero-order valence-electron chi connectivity index (χ0n) is 22.1. The van der Waals surface area contributed by atoms with Crippen molar-refractivity contribution in [1.82, 2.24) is 0 Å². The highest BCUT2D eigenvalue weighted by Crippen LogP contribution is 2.27. The van der Waals surface area contributed by atoms with Gasteiger partial charge in [0.05, 0.1) is 39.6 Å². The fourth-order valence-corrected chi connectivity index (χ4v) is 4.70. The topological polar surface area (TPSA) is 46.2 Å². The van der Waals surface area contributed by atoms with Crippen molar-refractivity contribution >= 4 is 0 Å². The van der Waals surface area contributed by atoms with Crippen LogP contribution in [0.2, 0.25) is 0 Å². The van der Waals surface area contributed by atoms with Gasteiger partial charge in [0.15, 0.2) is 0 Å². The van der Waals surface area contributed by atoms with Gasteiger partial charge in [0, 0.05) is 0 Å². The predicted molar refractivity (Wildman–Crippen MR) is 151 cm³/mol. The molecule has 39 heavy (non-hydrogen) atoms. The van der Waals surface area contributed by atoms with E-state index in [1.54, 1.807) is 0 Å². The van der Waals surface area contributed by atoms with Crippen LogP contribution in [0.15, 0.2) is 121 Å². The van der Waals surface area contributed by atoms with Crippen LogP contribution in [0, 0.1) is 0 Å². The first-order chi connectivity index (χ1) is 19.3. The first-order valence-electron chi connectivity index (χ1n) is 13.5. The molecular formula is C34H36O5. The van der Waals surface area contributed by atoms with E-state index in [1.165, 1.54) is 0 Å². The fraction of sp³-hybridized carbons (Fsp3) is 0.294. The summed E-state index contributed by atoms with van der Waals surface area (Å²) in [6.45, 7) is 2.68. The summed E-state index contributed by atoms with van der Waals surface area (Å²) < 4.78 is 32.0. The highest BCUT2D eigenvalue weighted by atomic mass is 16.6. The van der Waals surface area contributed by atoms with Crippen LogP contribution in [0.25, 0.3) is 0 Å². The number of benzene rings is 4. The van der Waals surface area contributed by atoms with Gasteiger partial charge in [-0.15, -0.1) is 0 Å². The maximum absolute atomic E-state index is 6.58. The largest absolute Gasteiger partial charge is 0.374 e. The minimum atomic E-state index is -0.376. The molecule has 1 aliphatic rings. The Labute approximate surface area is 231 Å². The van der Waals surface area contributed by atoms with Gasteiger partial charge in [0.1, 0.15) is 24.4 Å². The fourth-order valence-electron chi connectivity index (χ4n) is 4.70. The molecule has 5 rings (SSSR count). The van der Waals surface area contributed by atoms with Crippen molar-refractivity contribution in [3.05, 3.63) is 144 Å². The van der Waals surface area contributed by atoms with Gasteiger partial charge in [0.25, 0.3) is 0 Å². The van der Waals surface area contributed by atoms with E-state index in [2.05, 4.69) is 48.5 Å². The molecule has 4 atom stereocenters. The minimum Gasteiger partial charge on any atom is -0.374 e. The zero-order chi connectivity index (χ0) is 26.5. The Morgan fingerprint density at radius 1 is 0.487 bits per heavy atom. The second kappa shape index (κ2) is 14.7. The normalized spacial score (nSPS) is 21.0. The molecule has 5 nitrogen and oxygen atoms in total. The van der Waals surface area contributed by atoms with Gasteiger partial charge in [-0.25, -0.2) is 0 Å².